The summed E-state index contributed by atoms with van der Waals surface area (Å²) < 4.78 is 7.21. The van der Waals surface area contributed by atoms with Crippen LogP contribution in [0.2, 0.25) is 0 Å². The average molecular weight is 311 g/mol. The van der Waals surface area contributed by atoms with Crippen LogP contribution in [0.1, 0.15) is 39.0 Å². The summed E-state index contributed by atoms with van der Waals surface area (Å²) in [5, 5.41) is 0. The Morgan fingerprint density at radius 2 is 1.73 bits per heavy atom. The molecule has 0 amide bonds. The van der Waals surface area contributed by atoms with Gasteiger partial charge in [-0.25, -0.2) is 0 Å². The van der Waals surface area contributed by atoms with Gasteiger partial charge in [-0.05, 0) is 0 Å². The molecule has 0 bridgehead atoms. The van der Waals surface area contributed by atoms with Crippen LogP contribution in [0.4, 0.5) is 0 Å². The first-order valence-electron chi connectivity index (χ1n) is 5.86. The predicted octanol–water partition coefficient (Wildman–Crippen LogP) is 2.92. The normalized spacial score (nSPS) is 10.5. The minimum atomic E-state index is -0.722. The van der Waals surface area contributed by atoms with Gasteiger partial charge in [0.15, 0.2) is 0 Å². The third-order valence-electron chi connectivity index (χ3n) is 2.31. The van der Waals surface area contributed by atoms with Crippen molar-refractivity contribution in [3.05, 3.63) is 30.3 Å². The molecule has 0 aliphatic rings. The van der Waals surface area contributed by atoms with Gasteiger partial charge < -0.3 is 0 Å². The van der Waals surface area contributed by atoms with Gasteiger partial charge in [0, 0.05) is 0 Å². The Kier molecular flexibility index (Phi) is 8.02. The third-order valence-corrected chi connectivity index (χ3v) is 4.93. The number of hydrogen-bond acceptors (Lipinski definition) is 1. The van der Waals surface area contributed by atoms with Crippen molar-refractivity contribution in [1.82, 2.24) is 0 Å². The van der Waals surface area contributed by atoms with Crippen LogP contribution in [0, 0.1) is 0 Å². The number of unbranched alkanes of at least 4 members (excludes halogenated alkanes) is 4. The zero-order chi connectivity index (χ0) is 10.8. The molecular formula is C13H20OSn. The Labute approximate surface area is 104 Å². The van der Waals surface area contributed by atoms with Crippen molar-refractivity contribution >= 4 is 25.1 Å². The second kappa shape index (κ2) is 9.22. The molecule has 0 heterocycles. The Bertz CT molecular complexity index is 236. The molecule has 1 rings (SSSR count). The Hall–Kier alpha value is -0.0213. The molecule has 15 heavy (non-hydrogen) atoms. The maximum atomic E-state index is 5.77. The molecule has 0 fully saturated rings. The molecule has 0 aromatic heterocycles. The van der Waals surface area contributed by atoms with Gasteiger partial charge >= 0.3 is 104 Å². The summed E-state index contributed by atoms with van der Waals surface area (Å²) in [6, 6.07) is 10.6. The SMILES string of the molecule is CCCCCCC[O][Sn][c]1ccccc1. The van der Waals surface area contributed by atoms with Crippen LogP contribution in [0.15, 0.2) is 30.3 Å². The second-order valence-corrected chi connectivity index (χ2v) is 6.79. The zero-order valence-corrected chi connectivity index (χ0v) is 12.4. The molecule has 0 unspecified atom stereocenters. The topological polar surface area (TPSA) is 9.23 Å². The Morgan fingerprint density at radius 3 is 2.47 bits per heavy atom. The van der Waals surface area contributed by atoms with E-state index in [4.69, 9.17) is 3.07 Å². The minimum absolute atomic E-state index is 0.722. The summed E-state index contributed by atoms with van der Waals surface area (Å²) >= 11 is -0.722. The number of rotatable bonds is 8. The van der Waals surface area contributed by atoms with Crippen molar-refractivity contribution in [2.45, 2.75) is 39.0 Å². The molecule has 1 aromatic rings. The van der Waals surface area contributed by atoms with E-state index in [0.29, 0.717) is 0 Å². The van der Waals surface area contributed by atoms with Gasteiger partial charge in [0.1, 0.15) is 0 Å². The van der Waals surface area contributed by atoms with Crippen LogP contribution in [0.3, 0.4) is 0 Å². The molecule has 0 spiro atoms. The van der Waals surface area contributed by atoms with Crippen molar-refractivity contribution in [2.24, 2.45) is 0 Å². The molecule has 82 valence electrons. The molecule has 0 atom stereocenters. The van der Waals surface area contributed by atoms with Crippen molar-refractivity contribution < 1.29 is 3.07 Å². The Morgan fingerprint density at radius 1 is 1.00 bits per heavy atom. The van der Waals surface area contributed by atoms with Crippen molar-refractivity contribution in [3.8, 4) is 0 Å². The average Bonchev–Trinajstić information content (AvgIpc) is 2.29. The van der Waals surface area contributed by atoms with Gasteiger partial charge in [0.05, 0.1) is 0 Å². The third kappa shape index (κ3) is 6.96. The van der Waals surface area contributed by atoms with Crippen LogP contribution in [0.5, 0.6) is 0 Å². The van der Waals surface area contributed by atoms with E-state index < -0.39 is 21.6 Å². The van der Waals surface area contributed by atoms with Crippen molar-refractivity contribution in [3.63, 3.8) is 0 Å². The standard InChI is InChI=1S/C7H15O.C6H5.Sn/c1-2-3-4-5-6-7-8;1-2-4-6-5-3-1;/h2-7H2,1H3;1-5H;/q-1;;+1. The van der Waals surface area contributed by atoms with Crippen LogP contribution in [-0.4, -0.2) is 28.2 Å². The molecule has 0 aliphatic carbocycles. The molecule has 1 nitrogen and oxygen atoms in total. The number of benzene rings is 1. The summed E-state index contributed by atoms with van der Waals surface area (Å²) in [5.74, 6) is 0. The summed E-state index contributed by atoms with van der Waals surface area (Å²) in [4.78, 5) is 0. The van der Waals surface area contributed by atoms with Crippen LogP contribution in [0.25, 0.3) is 0 Å². The first-order chi connectivity index (χ1) is 7.43. The molecule has 0 saturated heterocycles. The van der Waals surface area contributed by atoms with Gasteiger partial charge in [-0.2, -0.15) is 0 Å². The van der Waals surface area contributed by atoms with Gasteiger partial charge in [0.25, 0.3) is 0 Å². The van der Waals surface area contributed by atoms with E-state index in [1.54, 1.807) is 0 Å². The molecule has 0 N–H and O–H groups in total. The molecule has 0 saturated carbocycles. The summed E-state index contributed by atoms with van der Waals surface area (Å²) in [6.07, 6.45) is 6.65. The van der Waals surface area contributed by atoms with Crippen LogP contribution in [-0.2, 0) is 3.07 Å². The van der Waals surface area contributed by atoms with E-state index in [1.165, 1.54) is 35.7 Å². The molecular weight excluding hydrogens is 291 g/mol. The number of hydrogen-bond donors (Lipinski definition) is 0. The van der Waals surface area contributed by atoms with E-state index in [-0.39, 0.29) is 0 Å². The van der Waals surface area contributed by atoms with E-state index in [0.717, 1.165) is 6.61 Å². The van der Waals surface area contributed by atoms with Crippen molar-refractivity contribution in [2.75, 3.05) is 6.61 Å². The van der Waals surface area contributed by atoms with Crippen LogP contribution >= 0.6 is 0 Å². The van der Waals surface area contributed by atoms with E-state index in [1.807, 2.05) is 0 Å². The first-order valence-corrected chi connectivity index (χ1v) is 8.45. The summed E-state index contributed by atoms with van der Waals surface area (Å²) in [5.41, 5.74) is 0. The van der Waals surface area contributed by atoms with Gasteiger partial charge in [-0.15, -0.1) is 0 Å². The van der Waals surface area contributed by atoms with Crippen LogP contribution < -0.4 is 3.58 Å². The maximum absolute atomic E-state index is 5.77. The van der Waals surface area contributed by atoms with E-state index in [2.05, 4.69) is 37.3 Å². The fraction of sp³-hybridized carbons (Fsp3) is 0.538. The van der Waals surface area contributed by atoms with E-state index in [9.17, 15) is 0 Å². The fourth-order valence-corrected chi connectivity index (χ4v) is 3.53. The van der Waals surface area contributed by atoms with Gasteiger partial charge in [0.2, 0.25) is 0 Å². The zero-order valence-electron chi connectivity index (χ0n) is 9.54. The second-order valence-electron chi connectivity index (χ2n) is 3.73. The van der Waals surface area contributed by atoms with Crippen molar-refractivity contribution in [1.29, 1.82) is 0 Å². The first kappa shape index (κ1) is 13.0. The monoisotopic (exact) mass is 312 g/mol. The predicted molar refractivity (Wildman–Crippen MR) is 66.5 cm³/mol. The summed E-state index contributed by atoms with van der Waals surface area (Å²) in [6.45, 7) is 3.23. The van der Waals surface area contributed by atoms with Gasteiger partial charge in [-0.1, -0.05) is 0 Å². The fourth-order valence-electron chi connectivity index (χ4n) is 1.42. The molecule has 2 heteroatoms. The molecule has 1 aromatic carbocycles. The van der Waals surface area contributed by atoms with Gasteiger partial charge in [-0.3, -0.25) is 0 Å². The molecule has 0 aliphatic heterocycles. The Balaban J connectivity index is 1.93. The molecule has 2 radical (unpaired) electrons. The summed E-state index contributed by atoms with van der Waals surface area (Å²) in [7, 11) is 0. The van der Waals surface area contributed by atoms with E-state index >= 15 is 0 Å². The quantitative estimate of drug-likeness (QED) is 0.530.